The minimum absolute atomic E-state index is 0.0112. The first-order chi connectivity index (χ1) is 16.2. The lowest BCUT2D eigenvalue weighted by Gasteiger charge is -2.12. The average molecular weight is 444 g/mol. The molecule has 1 heterocycles. The molecule has 1 amide bonds. The molecule has 0 aliphatic rings. The number of hydrogen-bond donors (Lipinski definition) is 1. The second-order valence-corrected chi connectivity index (χ2v) is 8.03. The Morgan fingerprint density at radius 1 is 0.818 bits per heavy atom. The second kappa shape index (κ2) is 10.8. The molecule has 170 valence electrons. The first-order valence-electron chi connectivity index (χ1n) is 11.3. The molecule has 0 aliphatic carbocycles. The summed E-state index contributed by atoms with van der Waals surface area (Å²) in [5.41, 5.74) is 4.64. The van der Waals surface area contributed by atoms with Crippen LogP contribution in [0.15, 0.2) is 83.7 Å². The highest BCUT2D eigenvalue weighted by atomic mass is 16.5. The van der Waals surface area contributed by atoms with Gasteiger partial charge < -0.3 is 10.1 Å². The lowest BCUT2D eigenvalue weighted by atomic mass is 10.1. The molecule has 0 saturated heterocycles. The number of ether oxygens (including phenoxy) is 1. The molecule has 4 rings (SSSR count). The Bertz CT molecular complexity index is 1270. The monoisotopic (exact) mass is 443 g/mol. The van der Waals surface area contributed by atoms with Crippen LogP contribution < -0.4 is 11.0 Å². The molecule has 0 bridgehead atoms. The maximum absolute atomic E-state index is 12.9. The van der Waals surface area contributed by atoms with Gasteiger partial charge in [0.05, 0.1) is 24.2 Å². The van der Waals surface area contributed by atoms with Gasteiger partial charge in [-0.2, -0.15) is 0 Å². The summed E-state index contributed by atoms with van der Waals surface area (Å²) in [7, 11) is 0. The molecular weight excluding hydrogens is 414 g/mol. The van der Waals surface area contributed by atoms with Crippen LogP contribution in [0.2, 0.25) is 0 Å². The van der Waals surface area contributed by atoms with Gasteiger partial charge in [0.2, 0.25) is 5.91 Å². The van der Waals surface area contributed by atoms with Gasteiger partial charge in [-0.05, 0) is 35.2 Å². The van der Waals surface area contributed by atoms with E-state index in [0.29, 0.717) is 26.3 Å². The summed E-state index contributed by atoms with van der Waals surface area (Å²) in [5.74, 6) is -0.198. The molecule has 33 heavy (non-hydrogen) atoms. The Morgan fingerprint density at radius 3 is 2.18 bits per heavy atom. The summed E-state index contributed by atoms with van der Waals surface area (Å²) in [6, 6.07) is 25.6. The number of aryl methyl sites for hydroxylation is 1. The normalized spacial score (nSPS) is 11.1. The molecule has 1 N–H and O–H groups in total. The van der Waals surface area contributed by atoms with Crippen molar-refractivity contribution in [2.45, 2.75) is 46.2 Å². The number of nitrogens with one attached hydrogen (secondary N) is 1. The number of imidazole rings is 1. The fourth-order valence-corrected chi connectivity index (χ4v) is 3.98. The van der Waals surface area contributed by atoms with Crippen molar-refractivity contribution in [2.24, 2.45) is 0 Å². The number of fused-ring (bicyclic) bond motifs is 1. The summed E-state index contributed by atoms with van der Waals surface area (Å²) in [6.07, 6.45) is 0.850. The van der Waals surface area contributed by atoms with Crippen LogP contribution >= 0.6 is 0 Å². The van der Waals surface area contributed by atoms with Crippen LogP contribution in [0.5, 0.6) is 0 Å². The Kier molecular flexibility index (Phi) is 7.37. The number of benzene rings is 3. The smallest absolute Gasteiger partial charge is 0.329 e. The molecule has 0 atom stereocenters. The number of hydrogen-bond acceptors (Lipinski definition) is 3. The van der Waals surface area contributed by atoms with E-state index in [9.17, 15) is 9.59 Å². The van der Waals surface area contributed by atoms with Gasteiger partial charge in [0.15, 0.2) is 0 Å². The molecular formula is C27H29N3O3. The van der Waals surface area contributed by atoms with Gasteiger partial charge in [-0.1, -0.05) is 73.7 Å². The quantitative estimate of drug-likeness (QED) is 0.399. The minimum Gasteiger partial charge on any atom is -0.372 e. The summed E-state index contributed by atoms with van der Waals surface area (Å²) < 4.78 is 9.17. The number of amides is 1. The highest BCUT2D eigenvalue weighted by molar-refractivity contribution is 5.81. The number of carbonyl (C=O) groups excluding carboxylic acids is 1. The molecule has 0 radical (unpaired) electrons. The lowest BCUT2D eigenvalue weighted by molar-refractivity contribution is -0.121. The maximum atomic E-state index is 12.9. The van der Waals surface area contributed by atoms with Crippen molar-refractivity contribution in [2.75, 3.05) is 0 Å². The SMILES string of the molecule is CCCn1c(=O)n(CC(=O)NCc2ccccc2COCc2ccccc2)c2ccccc21. The number of nitrogens with zero attached hydrogens (tertiary/aromatic N) is 2. The number of rotatable bonds is 10. The van der Waals surface area contributed by atoms with Crippen LogP contribution in [-0.4, -0.2) is 15.0 Å². The third-order valence-corrected chi connectivity index (χ3v) is 5.64. The van der Waals surface area contributed by atoms with Crippen molar-refractivity contribution >= 4 is 16.9 Å². The van der Waals surface area contributed by atoms with E-state index in [1.807, 2.05) is 85.8 Å². The third kappa shape index (κ3) is 5.41. The molecule has 0 fully saturated rings. The van der Waals surface area contributed by atoms with Gasteiger partial charge in [-0.15, -0.1) is 0 Å². The molecule has 6 nitrogen and oxygen atoms in total. The Hall–Kier alpha value is -3.64. The molecule has 3 aromatic carbocycles. The van der Waals surface area contributed by atoms with Gasteiger partial charge in [-0.3, -0.25) is 13.9 Å². The van der Waals surface area contributed by atoms with Crippen molar-refractivity contribution in [3.8, 4) is 0 Å². The molecule has 0 saturated carbocycles. The zero-order valence-corrected chi connectivity index (χ0v) is 18.9. The van der Waals surface area contributed by atoms with Crippen LogP contribution in [0.1, 0.15) is 30.0 Å². The third-order valence-electron chi connectivity index (χ3n) is 5.64. The van der Waals surface area contributed by atoms with Crippen LogP contribution in [0.3, 0.4) is 0 Å². The van der Waals surface area contributed by atoms with E-state index in [4.69, 9.17) is 4.74 Å². The Morgan fingerprint density at radius 2 is 1.45 bits per heavy atom. The predicted molar refractivity (Wildman–Crippen MR) is 130 cm³/mol. The van der Waals surface area contributed by atoms with Gasteiger partial charge in [0, 0.05) is 13.1 Å². The first kappa shape index (κ1) is 22.6. The van der Waals surface area contributed by atoms with Crippen LogP contribution in [0, 0.1) is 0 Å². The fraction of sp³-hybridized carbons (Fsp3) is 0.259. The predicted octanol–water partition coefficient (Wildman–Crippen LogP) is 4.25. The molecule has 0 aliphatic heterocycles. The van der Waals surface area contributed by atoms with E-state index < -0.39 is 0 Å². The molecule has 0 unspecified atom stereocenters. The highest BCUT2D eigenvalue weighted by Gasteiger charge is 2.15. The van der Waals surface area contributed by atoms with Crippen LogP contribution in [-0.2, 0) is 42.4 Å². The topological polar surface area (TPSA) is 65.3 Å². The molecule has 1 aromatic heterocycles. The summed E-state index contributed by atoms with van der Waals surface area (Å²) in [4.78, 5) is 25.7. The van der Waals surface area contributed by atoms with Crippen molar-refractivity contribution in [1.82, 2.24) is 14.5 Å². The first-order valence-corrected chi connectivity index (χ1v) is 11.3. The molecule has 4 aromatic rings. The van der Waals surface area contributed by atoms with Crippen molar-refractivity contribution in [1.29, 1.82) is 0 Å². The Labute approximate surface area is 193 Å². The summed E-state index contributed by atoms with van der Waals surface area (Å²) >= 11 is 0. The maximum Gasteiger partial charge on any atom is 0.329 e. The highest BCUT2D eigenvalue weighted by Crippen LogP contribution is 2.14. The van der Waals surface area contributed by atoms with E-state index in [1.54, 1.807) is 9.13 Å². The second-order valence-electron chi connectivity index (χ2n) is 8.03. The summed E-state index contributed by atoms with van der Waals surface area (Å²) in [5, 5.41) is 2.97. The van der Waals surface area contributed by atoms with E-state index in [-0.39, 0.29) is 18.1 Å². The van der Waals surface area contributed by atoms with Crippen molar-refractivity contribution in [3.05, 3.63) is 106 Å². The van der Waals surface area contributed by atoms with E-state index in [0.717, 1.165) is 34.1 Å². The summed E-state index contributed by atoms with van der Waals surface area (Å²) in [6.45, 7) is 4.03. The molecule has 0 spiro atoms. The van der Waals surface area contributed by atoms with Crippen molar-refractivity contribution in [3.63, 3.8) is 0 Å². The Balaban J connectivity index is 1.40. The zero-order chi connectivity index (χ0) is 23.0. The van der Waals surface area contributed by atoms with Gasteiger partial charge in [0.1, 0.15) is 6.54 Å². The van der Waals surface area contributed by atoms with E-state index in [1.165, 1.54) is 0 Å². The minimum atomic E-state index is -0.198. The lowest BCUT2D eigenvalue weighted by Crippen LogP contribution is -2.33. The van der Waals surface area contributed by atoms with E-state index >= 15 is 0 Å². The standard InChI is InChI=1S/C27H29N3O3/c1-2-16-29-24-14-8-9-15-25(24)30(27(29)32)18-26(31)28-17-22-12-6-7-13-23(22)20-33-19-21-10-4-3-5-11-21/h3-15H,2,16-20H2,1H3,(H,28,31). The van der Waals surface area contributed by atoms with Crippen LogP contribution in [0.4, 0.5) is 0 Å². The van der Waals surface area contributed by atoms with Gasteiger partial charge in [0.25, 0.3) is 0 Å². The van der Waals surface area contributed by atoms with E-state index in [2.05, 4.69) is 5.32 Å². The van der Waals surface area contributed by atoms with Gasteiger partial charge >= 0.3 is 5.69 Å². The number of aromatic nitrogens is 2. The largest absolute Gasteiger partial charge is 0.372 e. The van der Waals surface area contributed by atoms with Crippen molar-refractivity contribution < 1.29 is 9.53 Å². The average Bonchev–Trinajstić information content (AvgIpc) is 3.10. The molecule has 6 heteroatoms. The van der Waals surface area contributed by atoms with Crippen LogP contribution in [0.25, 0.3) is 11.0 Å². The fourth-order valence-electron chi connectivity index (χ4n) is 3.98. The zero-order valence-electron chi connectivity index (χ0n) is 18.9. The van der Waals surface area contributed by atoms with Gasteiger partial charge in [-0.25, -0.2) is 4.79 Å². The number of carbonyl (C=O) groups is 1. The number of para-hydroxylation sites is 2.